The van der Waals surface area contributed by atoms with Gasteiger partial charge in [0.1, 0.15) is 12.4 Å². The molecular weight excluding hydrogens is 233 g/mol. The number of carbonyl (C=O) groups is 1. The van der Waals surface area contributed by atoms with Crippen molar-refractivity contribution in [1.29, 1.82) is 0 Å². The third kappa shape index (κ3) is 3.90. The molecule has 1 aromatic rings. The van der Waals surface area contributed by atoms with Crippen LogP contribution in [0.15, 0.2) is 30.4 Å². The van der Waals surface area contributed by atoms with Crippen molar-refractivity contribution in [2.24, 2.45) is 0 Å². The summed E-state index contributed by atoms with van der Waals surface area (Å²) in [5.74, 6) is -2.02. The second-order valence-corrected chi connectivity index (χ2v) is 2.92. The molecule has 0 unspecified atom stereocenters. The summed E-state index contributed by atoms with van der Waals surface area (Å²) in [4.78, 5) is 19.9. The number of halogens is 1. The molecule has 0 amide bonds. The predicted molar refractivity (Wildman–Crippen MR) is 55.3 cm³/mol. The summed E-state index contributed by atoms with van der Waals surface area (Å²) in [7, 11) is 0. The molecule has 0 aromatic heterocycles. The zero-order valence-electron chi connectivity index (χ0n) is 8.50. The highest BCUT2D eigenvalue weighted by Crippen LogP contribution is 2.27. The van der Waals surface area contributed by atoms with Gasteiger partial charge in [-0.1, -0.05) is 0 Å². The van der Waals surface area contributed by atoms with Crippen LogP contribution in [0.1, 0.15) is 0 Å². The molecule has 7 heteroatoms. The molecule has 6 nitrogen and oxygen atoms in total. The Hall–Kier alpha value is -2.44. The third-order valence-electron chi connectivity index (χ3n) is 1.71. The number of carboxylic acids is 1. The Morgan fingerprint density at radius 1 is 1.59 bits per heavy atom. The number of rotatable bonds is 5. The fourth-order valence-electron chi connectivity index (χ4n) is 1.04. The van der Waals surface area contributed by atoms with Crippen LogP contribution in [0.3, 0.4) is 0 Å². The first kappa shape index (κ1) is 12.6. The van der Waals surface area contributed by atoms with Gasteiger partial charge in [0.25, 0.3) is 0 Å². The zero-order valence-corrected chi connectivity index (χ0v) is 8.50. The number of benzene rings is 1. The standard InChI is InChI=1S/C10H8FNO5/c11-7-3-4-9(8(6-7)12(15)16)17-5-1-2-10(13)14/h1-4,6H,5H2,(H,13,14). The van der Waals surface area contributed by atoms with Crippen LogP contribution in [0.5, 0.6) is 5.75 Å². The van der Waals surface area contributed by atoms with Crippen molar-refractivity contribution in [2.75, 3.05) is 6.61 Å². The van der Waals surface area contributed by atoms with E-state index >= 15 is 0 Å². The number of aliphatic carboxylic acids is 1. The maximum absolute atomic E-state index is 12.7. The Morgan fingerprint density at radius 2 is 2.29 bits per heavy atom. The van der Waals surface area contributed by atoms with Gasteiger partial charge < -0.3 is 9.84 Å². The molecule has 90 valence electrons. The Balaban J connectivity index is 2.77. The van der Waals surface area contributed by atoms with E-state index in [2.05, 4.69) is 0 Å². The van der Waals surface area contributed by atoms with Gasteiger partial charge in [0.15, 0.2) is 5.75 Å². The number of nitrogens with zero attached hydrogens (tertiary/aromatic N) is 1. The van der Waals surface area contributed by atoms with Crippen molar-refractivity contribution < 1.29 is 24.0 Å². The van der Waals surface area contributed by atoms with Gasteiger partial charge in [0, 0.05) is 6.08 Å². The Morgan fingerprint density at radius 3 is 2.88 bits per heavy atom. The predicted octanol–water partition coefficient (Wildman–Crippen LogP) is 1.75. The molecule has 0 fully saturated rings. The summed E-state index contributed by atoms with van der Waals surface area (Å²) < 4.78 is 17.7. The highest BCUT2D eigenvalue weighted by atomic mass is 19.1. The number of ether oxygens (including phenoxy) is 1. The topological polar surface area (TPSA) is 89.7 Å². The third-order valence-corrected chi connectivity index (χ3v) is 1.71. The molecule has 1 N–H and O–H groups in total. The average molecular weight is 241 g/mol. The number of hydrogen-bond acceptors (Lipinski definition) is 4. The first-order chi connectivity index (χ1) is 8.00. The molecule has 0 saturated heterocycles. The van der Waals surface area contributed by atoms with E-state index in [9.17, 15) is 19.3 Å². The number of hydrogen-bond donors (Lipinski definition) is 1. The molecule has 0 heterocycles. The number of nitro benzene ring substituents is 1. The summed E-state index contributed by atoms with van der Waals surface area (Å²) in [6.07, 6.45) is 2.02. The van der Waals surface area contributed by atoms with Gasteiger partial charge in [-0.05, 0) is 18.2 Å². The van der Waals surface area contributed by atoms with Crippen LogP contribution in [0.25, 0.3) is 0 Å². The summed E-state index contributed by atoms with van der Waals surface area (Å²) in [6.45, 7) is -0.154. The van der Waals surface area contributed by atoms with Gasteiger partial charge in [0.05, 0.1) is 11.0 Å². The molecule has 1 aromatic carbocycles. The fourth-order valence-corrected chi connectivity index (χ4v) is 1.04. The highest BCUT2D eigenvalue weighted by molar-refractivity contribution is 5.79. The lowest BCUT2D eigenvalue weighted by Gasteiger charge is -2.03. The van der Waals surface area contributed by atoms with Crippen LogP contribution < -0.4 is 4.74 Å². The molecule has 0 aliphatic heterocycles. The van der Waals surface area contributed by atoms with E-state index in [0.29, 0.717) is 0 Å². The zero-order chi connectivity index (χ0) is 12.8. The van der Waals surface area contributed by atoms with Crippen molar-refractivity contribution in [3.63, 3.8) is 0 Å². The molecule has 0 saturated carbocycles. The van der Waals surface area contributed by atoms with Crippen LogP contribution in [0.4, 0.5) is 10.1 Å². The molecule has 0 spiro atoms. The molecular formula is C10H8FNO5. The molecule has 17 heavy (non-hydrogen) atoms. The first-order valence-electron chi connectivity index (χ1n) is 4.47. The molecule has 1 rings (SSSR count). The van der Waals surface area contributed by atoms with E-state index in [-0.39, 0.29) is 12.4 Å². The monoisotopic (exact) mass is 241 g/mol. The van der Waals surface area contributed by atoms with E-state index in [1.807, 2.05) is 0 Å². The molecule has 0 aliphatic rings. The van der Waals surface area contributed by atoms with Gasteiger partial charge in [-0.15, -0.1) is 0 Å². The Bertz CT molecular complexity index is 472. The number of carboxylic acid groups (broad SMARTS) is 1. The smallest absolute Gasteiger partial charge is 0.328 e. The normalized spacial score (nSPS) is 10.4. The lowest BCUT2D eigenvalue weighted by molar-refractivity contribution is -0.386. The highest BCUT2D eigenvalue weighted by Gasteiger charge is 2.15. The Kier molecular flexibility index (Phi) is 4.15. The van der Waals surface area contributed by atoms with E-state index in [1.165, 1.54) is 6.08 Å². The lowest BCUT2D eigenvalue weighted by atomic mass is 10.3. The minimum Gasteiger partial charge on any atom is -0.483 e. The SMILES string of the molecule is O=C(O)C=CCOc1ccc(F)cc1[N+](=O)[O-]. The minimum atomic E-state index is -1.15. The van der Waals surface area contributed by atoms with Crippen molar-refractivity contribution in [3.05, 3.63) is 46.3 Å². The lowest BCUT2D eigenvalue weighted by Crippen LogP contribution is -1.99. The quantitative estimate of drug-likeness (QED) is 0.482. The van der Waals surface area contributed by atoms with Crippen molar-refractivity contribution >= 4 is 11.7 Å². The van der Waals surface area contributed by atoms with Crippen LogP contribution >= 0.6 is 0 Å². The van der Waals surface area contributed by atoms with Crippen molar-refractivity contribution in [2.45, 2.75) is 0 Å². The fraction of sp³-hybridized carbons (Fsp3) is 0.100. The maximum Gasteiger partial charge on any atom is 0.328 e. The summed E-state index contributed by atoms with van der Waals surface area (Å²) in [6, 6.07) is 2.86. The van der Waals surface area contributed by atoms with Crippen LogP contribution in [0, 0.1) is 15.9 Å². The molecule has 0 atom stereocenters. The Labute approximate surface area is 95.1 Å². The van der Waals surface area contributed by atoms with E-state index in [0.717, 1.165) is 24.3 Å². The van der Waals surface area contributed by atoms with Crippen LogP contribution in [0.2, 0.25) is 0 Å². The van der Waals surface area contributed by atoms with Gasteiger partial charge in [-0.3, -0.25) is 10.1 Å². The average Bonchev–Trinajstić information content (AvgIpc) is 2.25. The molecule has 0 radical (unpaired) electrons. The van der Waals surface area contributed by atoms with Crippen molar-refractivity contribution in [3.8, 4) is 5.75 Å². The summed E-state index contributed by atoms with van der Waals surface area (Å²) in [5.41, 5.74) is -0.506. The van der Waals surface area contributed by atoms with Crippen molar-refractivity contribution in [1.82, 2.24) is 0 Å². The van der Waals surface area contributed by atoms with E-state index < -0.39 is 22.4 Å². The summed E-state index contributed by atoms with van der Waals surface area (Å²) in [5, 5.41) is 18.9. The minimum absolute atomic E-state index is 0.119. The van der Waals surface area contributed by atoms with Crippen LogP contribution in [-0.4, -0.2) is 22.6 Å². The maximum atomic E-state index is 12.7. The second kappa shape index (κ2) is 5.59. The first-order valence-corrected chi connectivity index (χ1v) is 4.47. The largest absolute Gasteiger partial charge is 0.483 e. The van der Waals surface area contributed by atoms with E-state index in [4.69, 9.17) is 9.84 Å². The van der Waals surface area contributed by atoms with Gasteiger partial charge in [-0.25, -0.2) is 9.18 Å². The van der Waals surface area contributed by atoms with E-state index in [1.54, 1.807) is 0 Å². The molecule has 0 aliphatic carbocycles. The molecule has 0 bridgehead atoms. The number of nitro groups is 1. The second-order valence-electron chi connectivity index (χ2n) is 2.92. The van der Waals surface area contributed by atoms with Gasteiger partial charge >= 0.3 is 11.7 Å². The van der Waals surface area contributed by atoms with Crippen LogP contribution in [-0.2, 0) is 4.79 Å². The van der Waals surface area contributed by atoms with Gasteiger partial charge in [-0.2, -0.15) is 0 Å². The van der Waals surface area contributed by atoms with Gasteiger partial charge in [0.2, 0.25) is 0 Å². The summed E-state index contributed by atoms with van der Waals surface area (Å²) >= 11 is 0.